The van der Waals surface area contributed by atoms with Crippen LogP contribution < -0.4 is 5.32 Å². The number of amides is 2. The van der Waals surface area contributed by atoms with Crippen LogP contribution in [0.5, 0.6) is 0 Å². The number of methoxy groups -OCH3 is 1. The maximum atomic E-state index is 12.6. The molecular formula is C18H29N3O5. The van der Waals surface area contributed by atoms with Gasteiger partial charge in [-0.15, -0.1) is 0 Å². The molecule has 2 N–H and O–H groups in total. The number of rotatable bonds is 7. The van der Waals surface area contributed by atoms with Crippen LogP contribution in [0.2, 0.25) is 0 Å². The summed E-state index contributed by atoms with van der Waals surface area (Å²) >= 11 is 0. The molecule has 1 saturated heterocycles. The first kappa shape index (κ1) is 18.9. The number of ether oxygens (including phenoxy) is 1. The number of likely N-dealkylation sites (tertiary alicyclic amines) is 1. The van der Waals surface area contributed by atoms with E-state index < -0.39 is 5.97 Å². The van der Waals surface area contributed by atoms with Gasteiger partial charge in [0.25, 0.3) is 0 Å². The van der Waals surface area contributed by atoms with E-state index in [1.807, 2.05) is 11.8 Å². The van der Waals surface area contributed by atoms with E-state index in [1.165, 1.54) is 7.11 Å². The molecule has 1 aliphatic heterocycles. The molecule has 3 rings (SSSR count). The number of aliphatic carboxylic acids is 1. The van der Waals surface area contributed by atoms with Crippen LogP contribution in [0, 0.1) is 17.8 Å². The summed E-state index contributed by atoms with van der Waals surface area (Å²) < 4.78 is 4.92. The summed E-state index contributed by atoms with van der Waals surface area (Å²) in [5.74, 6) is -0.490. The molecule has 8 heteroatoms. The zero-order valence-corrected chi connectivity index (χ0v) is 15.5. The Bertz CT molecular complexity index is 559. The third-order valence-electron chi connectivity index (χ3n) is 6.09. The van der Waals surface area contributed by atoms with Crippen LogP contribution in [0.1, 0.15) is 32.6 Å². The second kappa shape index (κ2) is 7.82. The summed E-state index contributed by atoms with van der Waals surface area (Å²) in [6, 6.07) is 0.167. The molecule has 0 aromatic rings. The van der Waals surface area contributed by atoms with Crippen molar-refractivity contribution in [2.24, 2.45) is 17.8 Å². The van der Waals surface area contributed by atoms with Crippen LogP contribution in [-0.2, 0) is 14.3 Å². The predicted molar refractivity (Wildman–Crippen MR) is 93.5 cm³/mol. The van der Waals surface area contributed by atoms with E-state index in [0.717, 1.165) is 25.7 Å². The maximum Gasteiger partial charge on any atom is 0.317 e. The highest BCUT2D eigenvalue weighted by Crippen LogP contribution is 2.44. The molecule has 0 unspecified atom stereocenters. The van der Waals surface area contributed by atoms with E-state index in [2.05, 4.69) is 5.32 Å². The summed E-state index contributed by atoms with van der Waals surface area (Å²) in [4.78, 5) is 39.2. The number of carbonyl (C=O) groups excluding carboxylic acids is 2. The minimum atomic E-state index is -0.823. The highest BCUT2D eigenvalue weighted by atomic mass is 16.5. The van der Waals surface area contributed by atoms with Crippen LogP contribution in [0.4, 0.5) is 4.79 Å². The molecule has 146 valence electrons. The fraction of sp³-hybridized carbons (Fsp3) is 0.833. The molecule has 2 atom stereocenters. The fourth-order valence-corrected chi connectivity index (χ4v) is 4.34. The van der Waals surface area contributed by atoms with E-state index in [4.69, 9.17) is 9.84 Å². The molecule has 2 saturated carbocycles. The zero-order chi connectivity index (χ0) is 18.8. The van der Waals surface area contributed by atoms with E-state index in [9.17, 15) is 14.4 Å². The Balaban J connectivity index is 1.47. The largest absolute Gasteiger partial charge is 0.480 e. The van der Waals surface area contributed by atoms with Gasteiger partial charge in [0.2, 0.25) is 0 Å². The standard InChI is InChI=1S/C18H29N3O5/c1-3-20(10-16(22)23)13-6-12(7-13)19-18(25)21-8-14(11-4-5-11)15(9-21)17(24)26-2/h11-15H,3-10H2,1-2H3,(H,19,25)(H,22,23)/t12?,13?,14-,15+/m1/s1. The van der Waals surface area contributed by atoms with Gasteiger partial charge in [-0.2, -0.15) is 0 Å². The highest BCUT2D eigenvalue weighted by molar-refractivity contribution is 5.79. The van der Waals surface area contributed by atoms with Crippen molar-refractivity contribution in [2.75, 3.05) is 33.3 Å². The second-order valence-electron chi connectivity index (χ2n) is 7.76. The van der Waals surface area contributed by atoms with Crippen molar-refractivity contribution in [3.05, 3.63) is 0 Å². The molecule has 8 nitrogen and oxygen atoms in total. The second-order valence-corrected chi connectivity index (χ2v) is 7.76. The number of carboxylic acid groups (broad SMARTS) is 1. The summed E-state index contributed by atoms with van der Waals surface area (Å²) in [5.41, 5.74) is 0. The smallest absolute Gasteiger partial charge is 0.317 e. The molecule has 1 heterocycles. The number of esters is 1. The number of likely N-dealkylation sites (N-methyl/N-ethyl adjacent to an activating group) is 1. The van der Waals surface area contributed by atoms with Crippen LogP contribution >= 0.6 is 0 Å². The van der Waals surface area contributed by atoms with Gasteiger partial charge in [-0.25, -0.2) is 4.79 Å². The lowest BCUT2D eigenvalue weighted by Gasteiger charge is -2.42. The normalized spacial score (nSPS) is 30.8. The SMILES string of the molecule is CCN(CC(=O)O)C1CC(NC(=O)N2C[C@H](C(=O)OC)[C@@H](C3CC3)C2)C1. The van der Waals surface area contributed by atoms with Crippen molar-refractivity contribution >= 4 is 18.0 Å². The van der Waals surface area contributed by atoms with Gasteiger partial charge in [-0.05, 0) is 44.1 Å². The Morgan fingerprint density at radius 3 is 2.46 bits per heavy atom. The Kier molecular flexibility index (Phi) is 5.70. The topological polar surface area (TPSA) is 99.2 Å². The molecule has 2 aliphatic carbocycles. The first-order valence-electron chi connectivity index (χ1n) is 9.52. The third kappa shape index (κ3) is 4.11. The molecule has 3 fully saturated rings. The van der Waals surface area contributed by atoms with E-state index in [0.29, 0.717) is 25.6 Å². The van der Waals surface area contributed by atoms with Gasteiger partial charge in [-0.1, -0.05) is 6.92 Å². The van der Waals surface area contributed by atoms with Crippen molar-refractivity contribution in [3.63, 3.8) is 0 Å². The molecule has 0 radical (unpaired) electrons. The van der Waals surface area contributed by atoms with Crippen molar-refractivity contribution in [1.29, 1.82) is 0 Å². The predicted octanol–water partition coefficient (Wildman–Crippen LogP) is 0.765. The van der Waals surface area contributed by atoms with Crippen molar-refractivity contribution < 1.29 is 24.2 Å². The first-order valence-corrected chi connectivity index (χ1v) is 9.52. The molecule has 0 bridgehead atoms. The third-order valence-corrected chi connectivity index (χ3v) is 6.09. The zero-order valence-electron chi connectivity index (χ0n) is 15.5. The Hall–Kier alpha value is -1.83. The number of hydrogen-bond donors (Lipinski definition) is 2. The van der Waals surface area contributed by atoms with E-state index in [1.54, 1.807) is 4.90 Å². The van der Waals surface area contributed by atoms with Gasteiger partial charge in [0.15, 0.2) is 0 Å². The van der Waals surface area contributed by atoms with Gasteiger partial charge >= 0.3 is 18.0 Å². The van der Waals surface area contributed by atoms with Crippen LogP contribution in [0.25, 0.3) is 0 Å². The van der Waals surface area contributed by atoms with E-state index >= 15 is 0 Å². The first-order chi connectivity index (χ1) is 12.4. The number of carboxylic acids is 1. The van der Waals surface area contributed by atoms with Gasteiger partial charge < -0.3 is 20.1 Å². The van der Waals surface area contributed by atoms with Gasteiger partial charge in [0, 0.05) is 25.2 Å². The molecule has 0 aromatic carbocycles. The van der Waals surface area contributed by atoms with Crippen LogP contribution in [-0.4, -0.2) is 78.2 Å². The number of hydrogen-bond acceptors (Lipinski definition) is 5. The monoisotopic (exact) mass is 367 g/mol. The Morgan fingerprint density at radius 1 is 1.23 bits per heavy atom. The minimum Gasteiger partial charge on any atom is -0.480 e. The highest BCUT2D eigenvalue weighted by Gasteiger charge is 2.47. The molecule has 3 aliphatic rings. The minimum absolute atomic E-state index is 0.0395. The van der Waals surface area contributed by atoms with Gasteiger partial charge in [-0.3, -0.25) is 14.5 Å². The number of carbonyl (C=O) groups is 3. The number of nitrogens with zero attached hydrogens (tertiary/aromatic N) is 2. The maximum absolute atomic E-state index is 12.6. The molecule has 2 amide bonds. The summed E-state index contributed by atoms with van der Waals surface area (Å²) in [5, 5.41) is 12.0. The number of nitrogens with one attached hydrogen (secondary N) is 1. The molecule has 0 aromatic heterocycles. The number of urea groups is 1. The average Bonchev–Trinajstić information content (AvgIpc) is 3.33. The fourth-order valence-electron chi connectivity index (χ4n) is 4.34. The lowest BCUT2D eigenvalue weighted by molar-refractivity contribution is -0.146. The Morgan fingerprint density at radius 2 is 1.92 bits per heavy atom. The average molecular weight is 367 g/mol. The quantitative estimate of drug-likeness (QED) is 0.645. The lowest BCUT2D eigenvalue weighted by Crippen LogP contribution is -2.56. The van der Waals surface area contributed by atoms with Crippen molar-refractivity contribution in [3.8, 4) is 0 Å². The van der Waals surface area contributed by atoms with Crippen molar-refractivity contribution in [1.82, 2.24) is 15.1 Å². The Labute approximate surface area is 153 Å². The summed E-state index contributed by atoms with van der Waals surface area (Å²) in [7, 11) is 1.40. The molecular weight excluding hydrogens is 338 g/mol. The summed E-state index contributed by atoms with van der Waals surface area (Å²) in [6.45, 7) is 3.72. The van der Waals surface area contributed by atoms with Gasteiger partial charge in [0.05, 0.1) is 19.6 Å². The van der Waals surface area contributed by atoms with Crippen LogP contribution in [0.15, 0.2) is 0 Å². The molecule has 26 heavy (non-hydrogen) atoms. The van der Waals surface area contributed by atoms with Gasteiger partial charge in [0.1, 0.15) is 0 Å². The van der Waals surface area contributed by atoms with Crippen molar-refractivity contribution in [2.45, 2.75) is 44.7 Å². The van der Waals surface area contributed by atoms with Crippen LogP contribution in [0.3, 0.4) is 0 Å². The van der Waals surface area contributed by atoms with E-state index in [-0.39, 0.29) is 42.5 Å². The molecule has 0 spiro atoms. The lowest BCUT2D eigenvalue weighted by atomic mass is 9.85. The summed E-state index contributed by atoms with van der Waals surface area (Å²) in [6.07, 6.45) is 3.81.